The summed E-state index contributed by atoms with van der Waals surface area (Å²) in [7, 11) is 1.44. The maximum absolute atomic E-state index is 11.5. The third-order valence-corrected chi connectivity index (χ3v) is 3.25. The van der Waals surface area contributed by atoms with E-state index in [1.165, 1.54) is 7.11 Å². The second-order valence-electron chi connectivity index (χ2n) is 5.47. The maximum atomic E-state index is 11.5. The van der Waals surface area contributed by atoms with Crippen molar-refractivity contribution in [1.82, 2.24) is 5.32 Å². The van der Waals surface area contributed by atoms with Gasteiger partial charge in [0.1, 0.15) is 5.54 Å². The summed E-state index contributed by atoms with van der Waals surface area (Å²) in [6, 6.07) is 0. The SMILES string of the molecule is COC(=O)C1(C)CC(C(C)(C)C)CN1. The molecule has 2 atom stereocenters. The lowest BCUT2D eigenvalue weighted by Gasteiger charge is -2.27. The van der Waals surface area contributed by atoms with Crippen molar-refractivity contribution in [1.29, 1.82) is 0 Å². The molecule has 1 rings (SSSR count). The van der Waals surface area contributed by atoms with Crippen LogP contribution in [0, 0.1) is 11.3 Å². The van der Waals surface area contributed by atoms with Gasteiger partial charge in [0, 0.05) is 0 Å². The van der Waals surface area contributed by atoms with Gasteiger partial charge in [-0.3, -0.25) is 4.79 Å². The third-order valence-electron chi connectivity index (χ3n) is 3.25. The molecule has 0 aromatic rings. The van der Waals surface area contributed by atoms with Crippen molar-refractivity contribution in [3.8, 4) is 0 Å². The molecule has 0 aliphatic carbocycles. The molecule has 1 aliphatic rings. The Morgan fingerprint density at radius 3 is 2.43 bits per heavy atom. The number of carbonyl (C=O) groups is 1. The number of ether oxygens (including phenoxy) is 1. The summed E-state index contributed by atoms with van der Waals surface area (Å²) >= 11 is 0. The molecule has 0 amide bonds. The molecule has 0 aromatic heterocycles. The van der Waals surface area contributed by atoms with Gasteiger partial charge < -0.3 is 10.1 Å². The van der Waals surface area contributed by atoms with Gasteiger partial charge in [0.15, 0.2) is 0 Å². The molecule has 1 N–H and O–H groups in total. The Bertz CT molecular complexity index is 232. The van der Waals surface area contributed by atoms with E-state index in [9.17, 15) is 4.79 Å². The van der Waals surface area contributed by atoms with Crippen LogP contribution in [0.1, 0.15) is 34.1 Å². The van der Waals surface area contributed by atoms with Gasteiger partial charge in [-0.05, 0) is 31.2 Å². The second-order valence-corrected chi connectivity index (χ2v) is 5.47. The van der Waals surface area contributed by atoms with Crippen LogP contribution < -0.4 is 5.32 Å². The molecule has 1 aliphatic heterocycles. The predicted octanol–water partition coefficient (Wildman–Crippen LogP) is 1.57. The van der Waals surface area contributed by atoms with Crippen LogP contribution in [-0.4, -0.2) is 25.2 Å². The highest BCUT2D eigenvalue weighted by molar-refractivity contribution is 5.80. The predicted molar refractivity (Wildman–Crippen MR) is 56.0 cm³/mol. The highest BCUT2D eigenvalue weighted by Gasteiger charge is 2.45. The zero-order chi connectivity index (χ0) is 11.0. The number of nitrogens with one attached hydrogen (secondary N) is 1. The molecule has 1 fully saturated rings. The molecule has 2 unspecified atom stereocenters. The first kappa shape index (κ1) is 11.5. The van der Waals surface area contributed by atoms with E-state index in [1.807, 2.05) is 6.92 Å². The van der Waals surface area contributed by atoms with Crippen LogP contribution >= 0.6 is 0 Å². The van der Waals surface area contributed by atoms with Crippen LogP contribution in [0.2, 0.25) is 0 Å². The van der Waals surface area contributed by atoms with Crippen molar-refractivity contribution in [3.63, 3.8) is 0 Å². The van der Waals surface area contributed by atoms with Gasteiger partial charge >= 0.3 is 5.97 Å². The third kappa shape index (κ3) is 2.08. The van der Waals surface area contributed by atoms with Crippen molar-refractivity contribution >= 4 is 5.97 Å². The first-order chi connectivity index (χ1) is 6.29. The molecule has 14 heavy (non-hydrogen) atoms. The average Bonchev–Trinajstić information content (AvgIpc) is 2.47. The fraction of sp³-hybridized carbons (Fsp3) is 0.909. The summed E-state index contributed by atoms with van der Waals surface area (Å²) in [5.41, 5.74) is -0.231. The molecule has 0 spiro atoms. The molecule has 3 heteroatoms. The summed E-state index contributed by atoms with van der Waals surface area (Å²) in [4.78, 5) is 11.5. The van der Waals surface area contributed by atoms with Gasteiger partial charge in [0.05, 0.1) is 7.11 Å². The molecule has 82 valence electrons. The van der Waals surface area contributed by atoms with E-state index in [2.05, 4.69) is 26.1 Å². The van der Waals surface area contributed by atoms with Gasteiger partial charge in [-0.25, -0.2) is 0 Å². The van der Waals surface area contributed by atoms with Crippen LogP contribution in [-0.2, 0) is 9.53 Å². The number of rotatable bonds is 1. The minimum Gasteiger partial charge on any atom is -0.468 e. The van der Waals surface area contributed by atoms with E-state index >= 15 is 0 Å². The van der Waals surface area contributed by atoms with Crippen molar-refractivity contribution in [2.24, 2.45) is 11.3 Å². The number of esters is 1. The van der Waals surface area contributed by atoms with Crippen molar-refractivity contribution in [2.45, 2.75) is 39.7 Å². The molecule has 3 nitrogen and oxygen atoms in total. The Hall–Kier alpha value is -0.570. The van der Waals surface area contributed by atoms with E-state index in [0.29, 0.717) is 5.92 Å². The van der Waals surface area contributed by atoms with Gasteiger partial charge in [-0.15, -0.1) is 0 Å². The Morgan fingerprint density at radius 1 is 1.50 bits per heavy atom. The van der Waals surface area contributed by atoms with E-state index in [0.717, 1.165) is 13.0 Å². The van der Waals surface area contributed by atoms with E-state index in [-0.39, 0.29) is 11.4 Å². The van der Waals surface area contributed by atoms with E-state index in [1.54, 1.807) is 0 Å². The highest BCUT2D eigenvalue weighted by Crippen LogP contribution is 2.37. The lowest BCUT2D eigenvalue weighted by molar-refractivity contribution is -0.147. The van der Waals surface area contributed by atoms with Crippen molar-refractivity contribution in [2.75, 3.05) is 13.7 Å². The zero-order valence-electron chi connectivity index (χ0n) is 9.81. The van der Waals surface area contributed by atoms with E-state index < -0.39 is 5.54 Å². The quantitative estimate of drug-likeness (QED) is 0.651. The molecular formula is C11H21NO2. The minimum absolute atomic E-state index is 0.149. The lowest BCUT2D eigenvalue weighted by atomic mass is 9.77. The van der Waals surface area contributed by atoms with Gasteiger partial charge in [-0.2, -0.15) is 0 Å². The topological polar surface area (TPSA) is 38.3 Å². The van der Waals surface area contributed by atoms with Crippen LogP contribution in [0.15, 0.2) is 0 Å². The van der Waals surface area contributed by atoms with Crippen LogP contribution in [0.4, 0.5) is 0 Å². The number of methoxy groups -OCH3 is 1. The largest absolute Gasteiger partial charge is 0.468 e. The normalized spacial score (nSPS) is 33.1. The van der Waals surface area contributed by atoms with E-state index in [4.69, 9.17) is 4.74 Å². The molecule has 0 radical (unpaired) electrons. The minimum atomic E-state index is -0.479. The number of hydrogen-bond acceptors (Lipinski definition) is 3. The molecule has 1 heterocycles. The zero-order valence-corrected chi connectivity index (χ0v) is 9.81. The smallest absolute Gasteiger partial charge is 0.325 e. The summed E-state index contributed by atoms with van der Waals surface area (Å²) in [5, 5.41) is 3.27. The lowest BCUT2D eigenvalue weighted by Crippen LogP contribution is -2.45. The first-order valence-corrected chi connectivity index (χ1v) is 5.13. The monoisotopic (exact) mass is 199 g/mol. The molecule has 1 saturated heterocycles. The number of hydrogen-bond donors (Lipinski definition) is 1. The molecule has 0 aromatic carbocycles. The average molecular weight is 199 g/mol. The summed E-state index contributed by atoms with van der Waals surface area (Å²) < 4.78 is 4.80. The van der Waals surface area contributed by atoms with Gasteiger partial charge in [0.2, 0.25) is 0 Å². The second kappa shape index (κ2) is 3.54. The Morgan fingerprint density at radius 2 is 2.07 bits per heavy atom. The Labute approximate surface area is 86.2 Å². The van der Waals surface area contributed by atoms with Crippen molar-refractivity contribution < 1.29 is 9.53 Å². The highest BCUT2D eigenvalue weighted by atomic mass is 16.5. The fourth-order valence-electron chi connectivity index (χ4n) is 1.98. The summed E-state index contributed by atoms with van der Waals surface area (Å²) in [5.74, 6) is 0.385. The Kier molecular flexibility index (Phi) is 2.91. The maximum Gasteiger partial charge on any atom is 0.325 e. The van der Waals surface area contributed by atoms with Crippen LogP contribution in [0.25, 0.3) is 0 Å². The fourth-order valence-corrected chi connectivity index (χ4v) is 1.98. The molecular weight excluding hydrogens is 178 g/mol. The first-order valence-electron chi connectivity index (χ1n) is 5.13. The molecule has 0 saturated carbocycles. The van der Waals surface area contributed by atoms with Gasteiger partial charge in [0.25, 0.3) is 0 Å². The summed E-state index contributed by atoms with van der Waals surface area (Å²) in [6.45, 7) is 9.45. The van der Waals surface area contributed by atoms with Gasteiger partial charge in [-0.1, -0.05) is 20.8 Å². The standard InChI is InChI=1S/C11H21NO2/c1-10(2,3)8-6-11(4,12-7-8)9(13)14-5/h8,12H,6-7H2,1-5H3. The number of carbonyl (C=O) groups excluding carboxylic acids is 1. The molecule has 0 bridgehead atoms. The van der Waals surface area contributed by atoms with Crippen LogP contribution in [0.3, 0.4) is 0 Å². The van der Waals surface area contributed by atoms with Crippen LogP contribution in [0.5, 0.6) is 0 Å². The Balaban J connectivity index is 2.69. The van der Waals surface area contributed by atoms with Crippen molar-refractivity contribution in [3.05, 3.63) is 0 Å². The summed E-state index contributed by atoms with van der Waals surface area (Å²) in [6.07, 6.45) is 0.864.